The summed E-state index contributed by atoms with van der Waals surface area (Å²) in [5.74, 6) is -1.17. The fourth-order valence-electron chi connectivity index (χ4n) is 2.81. The zero-order chi connectivity index (χ0) is 20.5. The summed E-state index contributed by atoms with van der Waals surface area (Å²) in [4.78, 5) is 24.1. The van der Waals surface area contributed by atoms with E-state index in [1.807, 2.05) is 0 Å². The van der Waals surface area contributed by atoms with Crippen LogP contribution in [0.1, 0.15) is 36.7 Å². The maximum absolute atomic E-state index is 12.8. The summed E-state index contributed by atoms with van der Waals surface area (Å²) in [6.45, 7) is 4.67. The lowest BCUT2D eigenvalue weighted by Crippen LogP contribution is -2.35. The van der Waals surface area contributed by atoms with E-state index in [0.29, 0.717) is 0 Å². The molecule has 0 unspecified atom stereocenters. The number of nitrogens with zero attached hydrogens (tertiary/aromatic N) is 1. The van der Waals surface area contributed by atoms with Crippen molar-refractivity contribution >= 4 is 27.7 Å². The second-order valence-electron chi connectivity index (χ2n) is 6.40. The highest BCUT2D eigenvalue weighted by Crippen LogP contribution is 2.35. The predicted molar refractivity (Wildman–Crippen MR) is 102 cm³/mol. The highest BCUT2D eigenvalue weighted by Gasteiger charge is 2.34. The molecule has 0 amide bonds. The monoisotopic (exact) mass is 401 g/mol. The number of esters is 2. The Morgan fingerprint density at radius 1 is 0.964 bits per heavy atom. The molecule has 0 N–H and O–H groups in total. The molecule has 0 aliphatic carbocycles. The lowest BCUT2D eigenvalue weighted by Gasteiger charge is -2.30. The van der Waals surface area contributed by atoms with Crippen LogP contribution in [0.3, 0.4) is 0 Å². The third kappa shape index (κ3) is 3.63. The molecule has 0 aromatic heterocycles. The summed E-state index contributed by atoms with van der Waals surface area (Å²) in [6, 6.07) is 12.1. The van der Waals surface area contributed by atoms with Crippen LogP contribution in [0.4, 0.5) is 0 Å². The Morgan fingerprint density at radius 2 is 1.61 bits per heavy atom. The lowest BCUT2D eigenvalue weighted by molar-refractivity contribution is -0.131. The summed E-state index contributed by atoms with van der Waals surface area (Å²) >= 11 is 0. The van der Waals surface area contributed by atoms with Crippen molar-refractivity contribution in [1.82, 2.24) is 4.31 Å². The van der Waals surface area contributed by atoms with Crippen LogP contribution in [-0.4, -0.2) is 30.7 Å². The quantitative estimate of drug-likeness (QED) is 0.577. The topological polar surface area (TPSA) is 90.0 Å². The van der Waals surface area contributed by atoms with E-state index in [0.717, 1.165) is 4.31 Å². The zero-order valence-corrected chi connectivity index (χ0v) is 16.4. The van der Waals surface area contributed by atoms with E-state index in [2.05, 4.69) is 0 Å². The van der Waals surface area contributed by atoms with Crippen molar-refractivity contribution in [3.8, 4) is 5.75 Å². The standard InChI is InChI=1S/C20H19NO6S/c1-13(2)21-12-18(15-8-5-7-11-19(15)28(21,24)25)27-20(23)16-9-4-6-10-17(16)26-14(3)22/h4-13H,1-3H3. The normalized spacial score (nSPS) is 14.9. The van der Waals surface area contributed by atoms with Crippen LogP contribution in [-0.2, 0) is 19.6 Å². The zero-order valence-electron chi connectivity index (χ0n) is 15.6. The number of para-hydroxylation sites is 1. The molecule has 0 fully saturated rings. The van der Waals surface area contributed by atoms with E-state index in [-0.39, 0.29) is 33.6 Å². The SMILES string of the molecule is CC(=O)Oc1ccccc1C(=O)OC1=CN(C(C)C)S(=O)(=O)c2ccccc21. The minimum atomic E-state index is -3.74. The Labute approximate surface area is 163 Å². The third-order valence-corrected chi connectivity index (χ3v) is 6.02. The van der Waals surface area contributed by atoms with Gasteiger partial charge in [-0.3, -0.25) is 9.10 Å². The molecule has 1 aliphatic heterocycles. The van der Waals surface area contributed by atoms with Crippen molar-refractivity contribution in [3.63, 3.8) is 0 Å². The molecule has 0 saturated carbocycles. The first kappa shape index (κ1) is 19.6. The first-order chi connectivity index (χ1) is 13.2. The average molecular weight is 401 g/mol. The molecule has 28 heavy (non-hydrogen) atoms. The molecule has 146 valence electrons. The first-order valence-corrected chi connectivity index (χ1v) is 10.00. The molecular weight excluding hydrogens is 382 g/mol. The molecule has 8 heteroatoms. The molecule has 3 rings (SSSR count). The minimum absolute atomic E-state index is 0.0561. The van der Waals surface area contributed by atoms with Crippen molar-refractivity contribution in [3.05, 3.63) is 65.9 Å². The van der Waals surface area contributed by atoms with Crippen molar-refractivity contribution in [2.45, 2.75) is 31.7 Å². The Morgan fingerprint density at radius 3 is 2.29 bits per heavy atom. The number of hydrogen-bond donors (Lipinski definition) is 0. The number of ether oxygens (including phenoxy) is 2. The van der Waals surface area contributed by atoms with Gasteiger partial charge in [0.2, 0.25) is 0 Å². The Balaban J connectivity index is 2.02. The molecule has 0 spiro atoms. The fourth-order valence-corrected chi connectivity index (χ4v) is 4.52. The van der Waals surface area contributed by atoms with Crippen molar-refractivity contribution in [2.75, 3.05) is 0 Å². The van der Waals surface area contributed by atoms with Crippen molar-refractivity contribution in [2.24, 2.45) is 0 Å². The van der Waals surface area contributed by atoms with Crippen LogP contribution < -0.4 is 4.74 Å². The number of rotatable bonds is 4. The first-order valence-electron chi connectivity index (χ1n) is 8.56. The van der Waals surface area contributed by atoms with Gasteiger partial charge in [0.05, 0.1) is 11.1 Å². The second-order valence-corrected chi connectivity index (χ2v) is 8.21. The van der Waals surface area contributed by atoms with Gasteiger partial charge >= 0.3 is 11.9 Å². The fraction of sp³-hybridized carbons (Fsp3) is 0.200. The molecule has 1 heterocycles. The Kier molecular flexibility index (Phi) is 5.24. The molecule has 0 atom stereocenters. The molecular formula is C20H19NO6S. The van der Waals surface area contributed by atoms with Crippen LogP contribution in [0.15, 0.2) is 59.6 Å². The number of benzene rings is 2. The molecule has 2 aromatic carbocycles. The molecule has 7 nitrogen and oxygen atoms in total. The molecule has 0 saturated heterocycles. The van der Waals surface area contributed by atoms with E-state index in [4.69, 9.17) is 9.47 Å². The Hall–Kier alpha value is -3.13. The summed E-state index contributed by atoms with van der Waals surface area (Å²) < 4.78 is 37.3. The number of hydrogen-bond acceptors (Lipinski definition) is 6. The van der Waals surface area contributed by atoms with Gasteiger partial charge in [-0.2, -0.15) is 0 Å². The van der Waals surface area contributed by atoms with Gasteiger partial charge < -0.3 is 9.47 Å². The van der Waals surface area contributed by atoms with Gasteiger partial charge in [-0.05, 0) is 38.1 Å². The van der Waals surface area contributed by atoms with Crippen LogP contribution in [0, 0.1) is 0 Å². The van der Waals surface area contributed by atoms with E-state index in [1.54, 1.807) is 44.2 Å². The van der Waals surface area contributed by atoms with Gasteiger partial charge in [0.15, 0.2) is 5.76 Å². The summed E-state index contributed by atoms with van der Waals surface area (Å²) in [5, 5.41) is 0. The average Bonchev–Trinajstić information content (AvgIpc) is 2.63. The number of carbonyl (C=O) groups excluding carboxylic acids is 2. The smallest absolute Gasteiger partial charge is 0.347 e. The van der Waals surface area contributed by atoms with E-state index in [9.17, 15) is 18.0 Å². The predicted octanol–water partition coefficient (Wildman–Crippen LogP) is 3.18. The number of sulfonamides is 1. The summed E-state index contributed by atoms with van der Waals surface area (Å²) in [5.41, 5.74) is 0.346. The van der Waals surface area contributed by atoms with Gasteiger partial charge in [0.25, 0.3) is 10.0 Å². The Bertz CT molecular complexity index is 1070. The van der Waals surface area contributed by atoms with Gasteiger partial charge in [-0.25, -0.2) is 13.2 Å². The molecule has 0 radical (unpaired) electrons. The maximum atomic E-state index is 12.8. The van der Waals surface area contributed by atoms with E-state index < -0.39 is 22.0 Å². The van der Waals surface area contributed by atoms with Crippen LogP contribution >= 0.6 is 0 Å². The molecule has 2 aromatic rings. The van der Waals surface area contributed by atoms with Gasteiger partial charge in [-0.1, -0.05) is 24.3 Å². The van der Waals surface area contributed by atoms with E-state index >= 15 is 0 Å². The van der Waals surface area contributed by atoms with Gasteiger partial charge in [-0.15, -0.1) is 0 Å². The van der Waals surface area contributed by atoms with Crippen LogP contribution in [0.5, 0.6) is 5.75 Å². The lowest BCUT2D eigenvalue weighted by atomic mass is 10.1. The van der Waals surface area contributed by atoms with Crippen LogP contribution in [0.25, 0.3) is 5.76 Å². The highest BCUT2D eigenvalue weighted by atomic mass is 32.2. The second kappa shape index (κ2) is 7.47. The third-order valence-electron chi connectivity index (χ3n) is 4.02. The molecule has 1 aliphatic rings. The van der Waals surface area contributed by atoms with Crippen molar-refractivity contribution in [1.29, 1.82) is 0 Å². The van der Waals surface area contributed by atoms with Gasteiger partial charge in [0.1, 0.15) is 11.3 Å². The largest absolute Gasteiger partial charge is 0.426 e. The number of fused-ring (bicyclic) bond motifs is 1. The minimum Gasteiger partial charge on any atom is -0.426 e. The highest BCUT2D eigenvalue weighted by molar-refractivity contribution is 7.89. The summed E-state index contributed by atoms with van der Waals surface area (Å²) in [7, 11) is -3.74. The summed E-state index contributed by atoms with van der Waals surface area (Å²) in [6.07, 6.45) is 1.30. The van der Waals surface area contributed by atoms with Crippen LogP contribution in [0.2, 0.25) is 0 Å². The maximum Gasteiger partial charge on any atom is 0.347 e. The van der Waals surface area contributed by atoms with Gasteiger partial charge in [0, 0.05) is 18.5 Å². The molecule has 0 bridgehead atoms. The van der Waals surface area contributed by atoms with Crippen molar-refractivity contribution < 1.29 is 27.5 Å². The number of carbonyl (C=O) groups is 2. The van der Waals surface area contributed by atoms with E-state index in [1.165, 1.54) is 31.3 Å².